The topological polar surface area (TPSA) is 123 Å². The van der Waals surface area contributed by atoms with Gasteiger partial charge in [0, 0.05) is 25.5 Å². The number of hydrogen-bond donors (Lipinski definition) is 3. The van der Waals surface area contributed by atoms with Crippen molar-refractivity contribution in [2.24, 2.45) is 5.92 Å². The van der Waals surface area contributed by atoms with Crippen LogP contribution < -0.4 is 11.2 Å². The van der Waals surface area contributed by atoms with Gasteiger partial charge < -0.3 is 24.0 Å². The van der Waals surface area contributed by atoms with Gasteiger partial charge in [-0.15, -0.1) is 0 Å². The highest BCUT2D eigenvalue weighted by Gasteiger charge is 2.14. The van der Waals surface area contributed by atoms with Gasteiger partial charge in [0.05, 0.1) is 25.9 Å². The van der Waals surface area contributed by atoms with Crippen molar-refractivity contribution in [3.8, 4) is 0 Å². The third-order valence-electron chi connectivity index (χ3n) is 6.41. The third-order valence-corrected chi connectivity index (χ3v) is 7.27. The second-order valence-corrected chi connectivity index (χ2v) is 11.7. The molecule has 1 aromatic heterocycles. The maximum atomic E-state index is 11.7. The lowest BCUT2D eigenvalue weighted by molar-refractivity contribution is 0.0202. The molecule has 0 aromatic carbocycles. The molecule has 10 heteroatoms. The van der Waals surface area contributed by atoms with Crippen LogP contribution in [0.15, 0.2) is 21.9 Å². The molecule has 0 aliphatic heterocycles. The molecule has 1 heterocycles. The number of nitrogens with zero attached hydrogens (tertiary/aromatic N) is 1. The second kappa shape index (κ2) is 23.8. The van der Waals surface area contributed by atoms with Gasteiger partial charge in [-0.1, -0.05) is 90.9 Å². The number of aliphatic hydroxyl groups excluding tert-OH is 1. The Hall–Kier alpha value is -1.09. The minimum atomic E-state index is -1.79. The van der Waals surface area contributed by atoms with Crippen LogP contribution in [-0.2, 0) is 20.5 Å². The zero-order chi connectivity index (χ0) is 27.8. The van der Waals surface area contributed by atoms with E-state index < -0.39 is 25.7 Å². The van der Waals surface area contributed by atoms with E-state index in [0.717, 1.165) is 18.9 Å². The Kier molecular flexibility index (Phi) is 21.9. The highest BCUT2D eigenvalue weighted by Crippen LogP contribution is 2.31. The van der Waals surface area contributed by atoms with E-state index in [2.05, 4.69) is 18.8 Å². The van der Waals surface area contributed by atoms with E-state index >= 15 is 0 Å². The van der Waals surface area contributed by atoms with Crippen LogP contribution in [0.25, 0.3) is 0 Å². The van der Waals surface area contributed by atoms with Gasteiger partial charge in [0.1, 0.15) is 6.35 Å². The lowest BCUT2D eigenvalue weighted by atomic mass is 10.0. The van der Waals surface area contributed by atoms with Crippen molar-refractivity contribution in [2.45, 2.75) is 116 Å². The van der Waals surface area contributed by atoms with Crippen LogP contribution in [0.4, 0.5) is 0 Å². The Bertz CT molecular complexity index is 787. The predicted molar refractivity (Wildman–Crippen MR) is 154 cm³/mol. The normalized spacial score (nSPS) is 13.3. The van der Waals surface area contributed by atoms with Crippen LogP contribution in [0.3, 0.4) is 0 Å². The van der Waals surface area contributed by atoms with Gasteiger partial charge in [-0.3, -0.25) is 14.3 Å². The third kappa shape index (κ3) is 19.9. The van der Waals surface area contributed by atoms with Crippen LogP contribution in [0.2, 0.25) is 0 Å². The fourth-order valence-corrected chi connectivity index (χ4v) is 4.89. The van der Waals surface area contributed by atoms with Crippen LogP contribution in [0, 0.1) is 5.92 Å². The molecule has 1 aromatic rings. The number of aliphatic hydroxyl groups is 1. The SMILES string of the molecule is CC(C)CCCCCCCCCCCCCCOCCCOP(O)COC(CO)Cn1ccc(=O)[nH]c1=O. The highest BCUT2D eigenvalue weighted by atomic mass is 31.2. The van der Waals surface area contributed by atoms with E-state index in [1.165, 1.54) is 93.9 Å². The van der Waals surface area contributed by atoms with Crippen molar-refractivity contribution >= 4 is 8.38 Å². The van der Waals surface area contributed by atoms with Gasteiger partial charge in [-0.25, -0.2) is 4.79 Å². The lowest BCUT2D eigenvalue weighted by Gasteiger charge is -2.18. The fraction of sp³-hybridized carbons (Fsp3) is 0.857. The maximum absolute atomic E-state index is 11.7. The zero-order valence-electron chi connectivity index (χ0n) is 23.8. The van der Waals surface area contributed by atoms with E-state index in [-0.39, 0.29) is 19.5 Å². The number of rotatable bonds is 26. The van der Waals surface area contributed by atoms with Gasteiger partial charge >= 0.3 is 5.69 Å². The van der Waals surface area contributed by atoms with Crippen molar-refractivity contribution in [3.63, 3.8) is 0 Å². The average Bonchev–Trinajstić information content (AvgIpc) is 2.88. The molecule has 222 valence electrons. The summed E-state index contributed by atoms with van der Waals surface area (Å²) in [7, 11) is -1.79. The Morgan fingerprint density at radius 2 is 1.45 bits per heavy atom. The molecular weight excluding hydrogens is 507 g/mol. The molecule has 0 aliphatic rings. The Morgan fingerprint density at radius 1 is 0.868 bits per heavy atom. The number of nitrogens with one attached hydrogen (secondary N) is 1. The first-order valence-electron chi connectivity index (χ1n) is 14.6. The van der Waals surface area contributed by atoms with E-state index in [1.54, 1.807) is 0 Å². The minimum absolute atomic E-state index is 0.0574. The van der Waals surface area contributed by atoms with Crippen molar-refractivity contribution in [1.82, 2.24) is 9.55 Å². The van der Waals surface area contributed by atoms with Gasteiger partial charge in [-0.2, -0.15) is 0 Å². The van der Waals surface area contributed by atoms with Crippen molar-refractivity contribution in [3.05, 3.63) is 33.1 Å². The average molecular weight is 561 g/mol. The van der Waals surface area contributed by atoms with E-state index in [9.17, 15) is 19.6 Å². The number of aromatic amines is 1. The van der Waals surface area contributed by atoms with Crippen LogP contribution >= 0.6 is 8.38 Å². The largest absolute Gasteiger partial charge is 0.394 e. The molecule has 38 heavy (non-hydrogen) atoms. The van der Waals surface area contributed by atoms with Crippen molar-refractivity contribution in [2.75, 3.05) is 32.8 Å². The zero-order valence-corrected chi connectivity index (χ0v) is 24.7. The molecule has 2 unspecified atom stereocenters. The molecular formula is C28H53N2O7P. The number of H-pyrrole nitrogens is 1. The standard InChI is InChI=1S/C28H53N2O7P/c1-25(2)16-13-11-9-7-5-3-4-6-8-10-12-14-19-35-20-15-21-37-38(34)24-36-26(23-31)22-30-18-17-27(32)29-28(30)33/h17-18,25-26,31,34H,3-16,19-24H2,1-2H3,(H,29,32,33). The van der Waals surface area contributed by atoms with E-state index in [1.807, 2.05) is 0 Å². The molecule has 0 radical (unpaired) electrons. The Morgan fingerprint density at radius 3 is 2.03 bits per heavy atom. The molecule has 1 rings (SSSR count). The summed E-state index contributed by atoms with van der Waals surface area (Å²) in [5, 5.41) is 9.45. The first-order chi connectivity index (χ1) is 18.4. The van der Waals surface area contributed by atoms with Gasteiger partial charge in [0.25, 0.3) is 5.56 Å². The van der Waals surface area contributed by atoms with Gasteiger partial charge in [0.2, 0.25) is 0 Å². The van der Waals surface area contributed by atoms with Crippen molar-refractivity contribution < 1.29 is 24.0 Å². The summed E-state index contributed by atoms with van der Waals surface area (Å²) in [5.74, 6) is 0.848. The second-order valence-electron chi connectivity index (χ2n) is 10.4. The molecule has 0 fully saturated rings. The summed E-state index contributed by atoms with van der Waals surface area (Å²) in [6.07, 6.45) is 18.7. The first kappa shape index (κ1) is 34.9. The maximum Gasteiger partial charge on any atom is 0.328 e. The number of ether oxygens (including phenoxy) is 2. The lowest BCUT2D eigenvalue weighted by Crippen LogP contribution is -2.34. The quantitative estimate of drug-likeness (QED) is 0.103. The van der Waals surface area contributed by atoms with Gasteiger partial charge in [0.15, 0.2) is 8.38 Å². The Balaban J connectivity index is 1.86. The molecule has 2 atom stereocenters. The van der Waals surface area contributed by atoms with Crippen LogP contribution in [0.5, 0.6) is 0 Å². The summed E-state index contributed by atoms with van der Waals surface area (Å²) >= 11 is 0. The molecule has 9 nitrogen and oxygen atoms in total. The van der Waals surface area contributed by atoms with E-state index in [4.69, 9.17) is 14.0 Å². The number of hydrogen-bond acceptors (Lipinski definition) is 7. The van der Waals surface area contributed by atoms with E-state index in [0.29, 0.717) is 19.6 Å². The van der Waals surface area contributed by atoms with Crippen molar-refractivity contribution in [1.29, 1.82) is 0 Å². The fourth-order valence-electron chi connectivity index (χ4n) is 4.13. The summed E-state index contributed by atoms with van der Waals surface area (Å²) in [4.78, 5) is 35.0. The van der Waals surface area contributed by atoms with Crippen LogP contribution in [-0.4, -0.2) is 58.4 Å². The molecule has 0 amide bonds. The molecule has 0 bridgehead atoms. The molecule has 0 saturated carbocycles. The van der Waals surface area contributed by atoms with Crippen LogP contribution in [0.1, 0.15) is 104 Å². The Labute approximate surface area is 230 Å². The number of aromatic nitrogens is 2. The smallest absolute Gasteiger partial charge is 0.328 e. The highest BCUT2D eigenvalue weighted by molar-refractivity contribution is 7.45. The molecule has 0 saturated heterocycles. The van der Waals surface area contributed by atoms with Gasteiger partial charge in [-0.05, 0) is 18.8 Å². The predicted octanol–water partition coefficient (Wildman–Crippen LogP) is 5.33. The first-order valence-corrected chi connectivity index (χ1v) is 16.0. The number of unbranched alkanes of at least 4 members (excludes halogenated alkanes) is 11. The summed E-state index contributed by atoms with van der Waals surface area (Å²) in [6.45, 7) is 6.06. The summed E-state index contributed by atoms with van der Waals surface area (Å²) in [6, 6.07) is 1.22. The minimum Gasteiger partial charge on any atom is -0.394 e. The molecule has 0 aliphatic carbocycles. The summed E-state index contributed by atoms with van der Waals surface area (Å²) in [5.41, 5.74) is -1.07. The molecule has 0 spiro atoms. The summed E-state index contributed by atoms with van der Waals surface area (Å²) < 4.78 is 17.7. The molecule has 3 N–H and O–H groups in total. The monoisotopic (exact) mass is 560 g/mol.